The third kappa shape index (κ3) is 3.97. The van der Waals surface area contributed by atoms with Crippen LogP contribution in [0, 0.1) is 6.92 Å². The lowest BCUT2D eigenvalue weighted by Gasteiger charge is -2.19. The molecule has 0 aliphatic rings. The second kappa shape index (κ2) is 6.55. The van der Waals surface area contributed by atoms with Gasteiger partial charge in [-0.05, 0) is 34.6 Å². The van der Waals surface area contributed by atoms with E-state index in [1.54, 1.807) is 17.1 Å². The number of nitrogens with two attached hydrogens (primary N) is 1. The highest BCUT2D eigenvalue weighted by Crippen LogP contribution is 2.26. The molecule has 0 spiro atoms. The van der Waals surface area contributed by atoms with Gasteiger partial charge < -0.3 is 5.73 Å². The monoisotopic (exact) mass is 332 g/mol. The molecule has 0 amide bonds. The van der Waals surface area contributed by atoms with E-state index in [-0.39, 0.29) is 5.41 Å². The Labute approximate surface area is 149 Å². The van der Waals surface area contributed by atoms with E-state index in [1.807, 2.05) is 6.92 Å². The Kier molecular flexibility index (Phi) is 4.45. The van der Waals surface area contributed by atoms with E-state index in [0.29, 0.717) is 5.95 Å². The molecule has 0 unspecified atom stereocenters. The molecule has 0 aliphatic heterocycles. The van der Waals surface area contributed by atoms with Crippen molar-refractivity contribution in [2.75, 3.05) is 5.73 Å². The van der Waals surface area contributed by atoms with Gasteiger partial charge in [-0.25, -0.2) is 9.66 Å². The molecule has 0 fully saturated rings. The average Bonchev–Trinajstić information content (AvgIpc) is 2.90. The van der Waals surface area contributed by atoms with Crippen molar-refractivity contribution in [1.82, 2.24) is 9.66 Å². The van der Waals surface area contributed by atoms with Gasteiger partial charge in [0.25, 0.3) is 0 Å². The predicted octanol–water partition coefficient (Wildman–Crippen LogP) is 4.62. The molecule has 3 aromatic rings. The van der Waals surface area contributed by atoms with Crippen LogP contribution in [0.1, 0.15) is 37.6 Å². The minimum Gasteiger partial charge on any atom is -0.368 e. The lowest BCUT2D eigenvalue weighted by molar-refractivity contribution is 0.590. The summed E-state index contributed by atoms with van der Waals surface area (Å²) in [6.45, 7) is 8.57. The van der Waals surface area contributed by atoms with Gasteiger partial charge in [-0.3, -0.25) is 0 Å². The predicted molar refractivity (Wildman–Crippen MR) is 105 cm³/mol. The summed E-state index contributed by atoms with van der Waals surface area (Å²) in [6.07, 6.45) is 3.58. The lowest BCUT2D eigenvalue weighted by atomic mass is 9.86. The molecular formula is C21H24N4. The third-order valence-corrected chi connectivity index (χ3v) is 4.16. The summed E-state index contributed by atoms with van der Waals surface area (Å²) in [7, 11) is 0. The zero-order valence-corrected chi connectivity index (χ0v) is 15.2. The van der Waals surface area contributed by atoms with Gasteiger partial charge >= 0.3 is 0 Å². The zero-order chi connectivity index (χ0) is 18.0. The first-order valence-corrected chi connectivity index (χ1v) is 8.40. The van der Waals surface area contributed by atoms with Gasteiger partial charge in [0, 0.05) is 0 Å². The fourth-order valence-electron chi connectivity index (χ4n) is 2.65. The Bertz CT molecular complexity index is 879. The molecule has 25 heavy (non-hydrogen) atoms. The molecule has 2 aromatic carbocycles. The van der Waals surface area contributed by atoms with Crippen LogP contribution in [0.15, 0.2) is 59.8 Å². The molecule has 0 aliphatic carbocycles. The highest BCUT2D eigenvalue weighted by atomic mass is 15.4. The molecule has 0 saturated carbocycles. The first-order chi connectivity index (χ1) is 11.8. The van der Waals surface area contributed by atoms with E-state index in [4.69, 9.17) is 5.73 Å². The van der Waals surface area contributed by atoms with E-state index in [1.165, 1.54) is 16.7 Å². The summed E-state index contributed by atoms with van der Waals surface area (Å²) in [4.78, 5) is 4.13. The number of nitrogens with zero attached hydrogens (tertiary/aromatic N) is 3. The Morgan fingerprint density at radius 2 is 1.52 bits per heavy atom. The van der Waals surface area contributed by atoms with Crippen molar-refractivity contribution >= 4 is 12.2 Å². The molecule has 1 aromatic heterocycles. The maximum Gasteiger partial charge on any atom is 0.221 e. The molecule has 2 N–H and O–H groups in total. The molecule has 3 rings (SSSR count). The van der Waals surface area contributed by atoms with Crippen molar-refractivity contribution < 1.29 is 0 Å². The summed E-state index contributed by atoms with van der Waals surface area (Å²) in [5, 5.41) is 4.34. The van der Waals surface area contributed by atoms with Gasteiger partial charge in [0.2, 0.25) is 5.95 Å². The Hall–Kier alpha value is -2.88. The molecule has 1 heterocycles. The number of imidazole rings is 1. The van der Waals surface area contributed by atoms with Crippen molar-refractivity contribution in [1.29, 1.82) is 0 Å². The zero-order valence-electron chi connectivity index (χ0n) is 15.2. The molecule has 128 valence electrons. The number of aryl methyl sites for hydroxylation is 1. The smallest absolute Gasteiger partial charge is 0.221 e. The Morgan fingerprint density at radius 1 is 0.960 bits per heavy atom. The number of hydrogen-bond acceptors (Lipinski definition) is 3. The van der Waals surface area contributed by atoms with Gasteiger partial charge in [-0.1, -0.05) is 69.3 Å². The molecule has 0 saturated heterocycles. The quantitative estimate of drug-likeness (QED) is 0.711. The summed E-state index contributed by atoms with van der Waals surface area (Å²) < 4.78 is 1.58. The normalized spacial score (nSPS) is 12.0. The van der Waals surface area contributed by atoms with E-state index < -0.39 is 0 Å². The van der Waals surface area contributed by atoms with Crippen molar-refractivity contribution in [3.05, 3.63) is 71.5 Å². The minimum absolute atomic E-state index is 0.173. The summed E-state index contributed by atoms with van der Waals surface area (Å²) in [5.41, 5.74) is 11.6. The number of hydrogen-bond donors (Lipinski definition) is 1. The van der Waals surface area contributed by atoms with Gasteiger partial charge in [-0.2, -0.15) is 5.10 Å². The number of aromatic nitrogens is 2. The van der Waals surface area contributed by atoms with E-state index in [9.17, 15) is 0 Å². The summed E-state index contributed by atoms with van der Waals surface area (Å²) in [6, 6.07) is 17.1. The molecule has 0 radical (unpaired) electrons. The van der Waals surface area contributed by atoms with Crippen LogP contribution in [0.25, 0.3) is 11.1 Å². The molecule has 4 heteroatoms. The molecule has 0 atom stereocenters. The largest absolute Gasteiger partial charge is 0.368 e. The van der Waals surface area contributed by atoms with Crippen LogP contribution in [0.4, 0.5) is 5.95 Å². The van der Waals surface area contributed by atoms with Crippen LogP contribution >= 0.6 is 0 Å². The molecule has 0 bridgehead atoms. The number of rotatable bonds is 3. The summed E-state index contributed by atoms with van der Waals surface area (Å²) in [5.74, 6) is 0.393. The van der Waals surface area contributed by atoms with Crippen molar-refractivity contribution in [3.8, 4) is 11.1 Å². The topological polar surface area (TPSA) is 56.2 Å². The SMILES string of the molecule is Cc1cn(N=Cc2ccc(-c3ccc(C(C)(C)C)cc3)cc2)c(N)n1. The maximum atomic E-state index is 5.79. The van der Waals surface area contributed by atoms with Gasteiger partial charge in [-0.15, -0.1) is 0 Å². The van der Waals surface area contributed by atoms with Crippen LogP contribution in [0.5, 0.6) is 0 Å². The van der Waals surface area contributed by atoms with Crippen molar-refractivity contribution in [2.45, 2.75) is 33.1 Å². The van der Waals surface area contributed by atoms with Crippen molar-refractivity contribution in [2.24, 2.45) is 5.10 Å². The Balaban J connectivity index is 1.77. The third-order valence-electron chi connectivity index (χ3n) is 4.16. The van der Waals surface area contributed by atoms with Crippen LogP contribution in [-0.2, 0) is 5.41 Å². The highest BCUT2D eigenvalue weighted by molar-refractivity contribution is 5.81. The van der Waals surface area contributed by atoms with Crippen LogP contribution < -0.4 is 5.73 Å². The first-order valence-electron chi connectivity index (χ1n) is 8.40. The standard InChI is InChI=1S/C21H24N4/c1-15-14-25(20(22)24-15)23-13-16-5-7-17(8-6-16)18-9-11-19(12-10-18)21(2,3)4/h5-14H,1-4H3,(H2,22,24). The molecule has 4 nitrogen and oxygen atoms in total. The van der Waals surface area contributed by atoms with Crippen LogP contribution in [-0.4, -0.2) is 15.9 Å². The number of nitrogen functional groups attached to an aromatic ring is 1. The van der Waals surface area contributed by atoms with E-state index in [2.05, 4.69) is 79.4 Å². The van der Waals surface area contributed by atoms with Gasteiger partial charge in [0.1, 0.15) is 0 Å². The maximum absolute atomic E-state index is 5.79. The van der Waals surface area contributed by atoms with Crippen molar-refractivity contribution in [3.63, 3.8) is 0 Å². The number of benzene rings is 2. The van der Waals surface area contributed by atoms with Crippen LogP contribution in [0.2, 0.25) is 0 Å². The molecular weight excluding hydrogens is 308 g/mol. The lowest BCUT2D eigenvalue weighted by Crippen LogP contribution is -2.10. The van der Waals surface area contributed by atoms with Gasteiger partial charge in [0.15, 0.2) is 0 Å². The minimum atomic E-state index is 0.173. The fraction of sp³-hybridized carbons (Fsp3) is 0.238. The van der Waals surface area contributed by atoms with Crippen LogP contribution in [0.3, 0.4) is 0 Å². The Morgan fingerprint density at radius 3 is 2.00 bits per heavy atom. The fourth-order valence-corrected chi connectivity index (χ4v) is 2.65. The van der Waals surface area contributed by atoms with Gasteiger partial charge in [0.05, 0.1) is 18.1 Å². The van der Waals surface area contributed by atoms with E-state index in [0.717, 1.165) is 11.3 Å². The van der Waals surface area contributed by atoms with E-state index >= 15 is 0 Å². The number of anilines is 1. The second-order valence-electron chi connectivity index (χ2n) is 7.28. The summed E-state index contributed by atoms with van der Waals surface area (Å²) >= 11 is 0. The first kappa shape index (κ1) is 17.0. The second-order valence-corrected chi connectivity index (χ2v) is 7.28. The highest BCUT2D eigenvalue weighted by Gasteiger charge is 2.12. The average molecular weight is 332 g/mol.